The van der Waals surface area contributed by atoms with Crippen LogP contribution in [0.25, 0.3) is 10.9 Å². The van der Waals surface area contributed by atoms with E-state index in [1.165, 1.54) is 0 Å². The highest BCUT2D eigenvalue weighted by Gasteiger charge is 2.24. The highest BCUT2D eigenvalue weighted by Crippen LogP contribution is 2.33. The predicted octanol–water partition coefficient (Wildman–Crippen LogP) is 5.98. The molecule has 1 aliphatic heterocycles. The van der Waals surface area contributed by atoms with Crippen LogP contribution in [0.4, 0.5) is 11.5 Å². The molecular weight excluding hydrogens is 443 g/mol. The van der Waals surface area contributed by atoms with Gasteiger partial charge in [0.25, 0.3) is 0 Å². The van der Waals surface area contributed by atoms with Gasteiger partial charge in [-0.3, -0.25) is 0 Å². The minimum absolute atomic E-state index is 0. The second-order valence-corrected chi connectivity index (χ2v) is 9.80. The molecule has 0 saturated carbocycles. The average Bonchev–Trinajstić information content (AvgIpc) is 2.72. The third-order valence-electron chi connectivity index (χ3n) is 5.63. The summed E-state index contributed by atoms with van der Waals surface area (Å²) in [5.41, 5.74) is 3.23. The summed E-state index contributed by atoms with van der Waals surface area (Å²) in [4.78, 5) is 7.19. The van der Waals surface area contributed by atoms with Crippen LogP contribution >= 0.6 is 24.0 Å². The standard InChI is InChI=1S/C25H31ClN4O.ClH/c1-25(2,3)29-19-10-12-30(13-11-19)23-15-24(27-16-17-4-6-18(26)7-5-17)28-22-14-20(31)8-9-21(22)23;/h4-9,14-15,19,29,31H,10-13,16H2,1-3H3,(H,27,28);1H. The van der Waals surface area contributed by atoms with Crippen molar-refractivity contribution >= 4 is 46.4 Å². The predicted molar refractivity (Wildman–Crippen MR) is 138 cm³/mol. The normalized spacial score (nSPS) is 14.9. The van der Waals surface area contributed by atoms with Gasteiger partial charge < -0.3 is 20.6 Å². The molecule has 0 spiro atoms. The molecule has 32 heavy (non-hydrogen) atoms. The Labute approximate surface area is 201 Å². The van der Waals surface area contributed by atoms with Crippen molar-refractivity contribution in [2.45, 2.75) is 51.7 Å². The van der Waals surface area contributed by atoms with Crippen LogP contribution in [-0.4, -0.2) is 34.8 Å². The summed E-state index contributed by atoms with van der Waals surface area (Å²) in [6, 6.07) is 15.9. The van der Waals surface area contributed by atoms with E-state index in [-0.39, 0.29) is 23.7 Å². The van der Waals surface area contributed by atoms with Crippen molar-refractivity contribution in [2.24, 2.45) is 0 Å². The van der Waals surface area contributed by atoms with Crippen LogP contribution in [-0.2, 0) is 6.54 Å². The molecule has 2 aromatic carbocycles. The maximum absolute atomic E-state index is 10.0. The quantitative estimate of drug-likeness (QED) is 0.424. The first-order chi connectivity index (χ1) is 14.8. The Kier molecular flexibility index (Phi) is 7.75. The van der Waals surface area contributed by atoms with Gasteiger partial charge in [-0.15, -0.1) is 12.4 Å². The summed E-state index contributed by atoms with van der Waals surface area (Å²) in [7, 11) is 0. The molecule has 0 amide bonds. The summed E-state index contributed by atoms with van der Waals surface area (Å²) >= 11 is 5.99. The first-order valence-corrected chi connectivity index (χ1v) is 11.3. The maximum Gasteiger partial charge on any atom is 0.129 e. The van der Waals surface area contributed by atoms with Gasteiger partial charge in [0.05, 0.1) is 5.52 Å². The van der Waals surface area contributed by atoms with Crippen LogP contribution in [0, 0.1) is 0 Å². The topological polar surface area (TPSA) is 60.4 Å². The lowest BCUT2D eigenvalue weighted by Crippen LogP contribution is -2.49. The number of phenolic OH excluding ortho intramolecular Hbond substituents is 1. The number of aromatic nitrogens is 1. The number of anilines is 2. The van der Waals surface area contributed by atoms with Crippen molar-refractivity contribution in [3.05, 3.63) is 59.1 Å². The van der Waals surface area contributed by atoms with Crippen LogP contribution in [0.5, 0.6) is 5.75 Å². The molecule has 0 bridgehead atoms. The Hall–Kier alpha value is -2.21. The van der Waals surface area contributed by atoms with E-state index in [0.717, 1.165) is 58.9 Å². The summed E-state index contributed by atoms with van der Waals surface area (Å²) in [6.07, 6.45) is 2.21. The third-order valence-corrected chi connectivity index (χ3v) is 5.88. The molecule has 2 heterocycles. The number of aromatic hydroxyl groups is 1. The molecular formula is C25H32Cl2N4O. The molecule has 1 fully saturated rings. The molecule has 1 aliphatic rings. The minimum atomic E-state index is 0. The number of rotatable bonds is 5. The summed E-state index contributed by atoms with van der Waals surface area (Å²) in [6.45, 7) is 9.31. The summed E-state index contributed by atoms with van der Waals surface area (Å²) in [5, 5.41) is 19.0. The Morgan fingerprint density at radius 1 is 1.06 bits per heavy atom. The Balaban J connectivity index is 0.00000289. The number of piperidine rings is 1. The summed E-state index contributed by atoms with van der Waals surface area (Å²) in [5.74, 6) is 1.03. The smallest absolute Gasteiger partial charge is 0.129 e. The molecule has 1 aromatic heterocycles. The number of hydrogen-bond donors (Lipinski definition) is 3. The van der Waals surface area contributed by atoms with Crippen LogP contribution in [0.2, 0.25) is 5.02 Å². The molecule has 172 valence electrons. The van der Waals surface area contributed by atoms with E-state index < -0.39 is 0 Å². The second kappa shape index (κ2) is 10.2. The highest BCUT2D eigenvalue weighted by atomic mass is 35.5. The third kappa shape index (κ3) is 6.18. The number of nitrogens with one attached hydrogen (secondary N) is 2. The number of fused-ring (bicyclic) bond motifs is 1. The van der Waals surface area contributed by atoms with Gasteiger partial charge in [-0.2, -0.15) is 0 Å². The SMILES string of the molecule is CC(C)(C)NC1CCN(c2cc(NCc3ccc(Cl)cc3)nc3cc(O)ccc23)CC1.Cl. The monoisotopic (exact) mass is 474 g/mol. The van der Waals surface area contributed by atoms with Gasteiger partial charge in [0.2, 0.25) is 0 Å². The van der Waals surface area contributed by atoms with Gasteiger partial charge in [-0.25, -0.2) is 4.98 Å². The molecule has 3 N–H and O–H groups in total. The largest absolute Gasteiger partial charge is 0.508 e. The van der Waals surface area contributed by atoms with Crippen molar-refractivity contribution in [3.8, 4) is 5.75 Å². The first-order valence-electron chi connectivity index (χ1n) is 10.9. The molecule has 0 radical (unpaired) electrons. The molecule has 0 aliphatic carbocycles. The number of halogens is 2. The lowest BCUT2D eigenvalue weighted by Gasteiger charge is -2.37. The van der Waals surface area contributed by atoms with Crippen molar-refractivity contribution in [2.75, 3.05) is 23.3 Å². The summed E-state index contributed by atoms with van der Waals surface area (Å²) < 4.78 is 0. The molecule has 0 atom stereocenters. The van der Waals surface area contributed by atoms with Crippen molar-refractivity contribution in [1.82, 2.24) is 10.3 Å². The van der Waals surface area contributed by atoms with E-state index in [1.54, 1.807) is 12.1 Å². The van der Waals surface area contributed by atoms with Gasteiger partial charge in [0, 0.05) is 59.4 Å². The van der Waals surface area contributed by atoms with Crippen LogP contribution < -0.4 is 15.5 Å². The Bertz CT molecular complexity index is 1040. The van der Waals surface area contributed by atoms with Crippen molar-refractivity contribution in [3.63, 3.8) is 0 Å². The number of benzene rings is 2. The van der Waals surface area contributed by atoms with E-state index >= 15 is 0 Å². The first kappa shape index (κ1) is 24.4. The van der Waals surface area contributed by atoms with Crippen LogP contribution in [0.3, 0.4) is 0 Å². The van der Waals surface area contributed by atoms with E-state index in [9.17, 15) is 5.11 Å². The van der Waals surface area contributed by atoms with Gasteiger partial charge in [0.15, 0.2) is 0 Å². The second-order valence-electron chi connectivity index (χ2n) is 9.36. The van der Waals surface area contributed by atoms with E-state index in [2.05, 4.69) is 42.4 Å². The fraction of sp³-hybridized carbons (Fsp3) is 0.400. The number of nitrogens with zero attached hydrogens (tertiary/aromatic N) is 2. The van der Waals surface area contributed by atoms with Crippen LogP contribution in [0.15, 0.2) is 48.5 Å². The lowest BCUT2D eigenvalue weighted by molar-refractivity contribution is 0.317. The molecule has 4 rings (SSSR count). The molecule has 0 unspecified atom stereocenters. The number of pyridine rings is 1. The zero-order valence-electron chi connectivity index (χ0n) is 18.9. The maximum atomic E-state index is 10.0. The van der Waals surface area contributed by atoms with Crippen LogP contribution in [0.1, 0.15) is 39.2 Å². The lowest BCUT2D eigenvalue weighted by atomic mass is 9.99. The Morgan fingerprint density at radius 3 is 2.41 bits per heavy atom. The highest BCUT2D eigenvalue weighted by molar-refractivity contribution is 6.30. The van der Waals surface area contributed by atoms with E-state index in [0.29, 0.717) is 12.6 Å². The van der Waals surface area contributed by atoms with Gasteiger partial charge >= 0.3 is 0 Å². The van der Waals surface area contributed by atoms with Gasteiger partial charge in [-0.05, 0) is 63.4 Å². The minimum Gasteiger partial charge on any atom is -0.508 e. The molecule has 3 aromatic rings. The van der Waals surface area contributed by atoms with Crippen molar-refractivity contribution < 1.29 is 5.11 Å². The zero-order chi connectivity index (χ0) is 22.0. The van der Waals surface area contributed by atoms with Gasteiger partial charge in [0.1, 0.15) is 11.6 Å². The van der Waals surface area contributed by atoms with E-state index in [4.69, 9.17) is 16.6 Å². The molecule has 7 heteroatoms. The molecule has 1 saturated heterocycles. The fourth-order valence-electron chi connectivity index (χ4n) is 4.22. The zero-order valence-corrected chi connectivity index (χ0v) is 20.4. The number of phenols is 1. The van der Waals surface area contributed by atoms with Crippen molar-refractivity contribution in [1.29, 1.82) is 0 Å². The average molecular weight is 475 g/mol. The Morgan fingerprint density at radius 2 is 1.75 bits per heavy atom. The fourth-order valence-corrected chi connectivity index (χ4v) is 4.35. The number of hydrogen-bond acceptors (Lipinski definition) is 5. The van der Waals surface area contributed by atoms with Gasteiger partial charge in [-0.1, -0.05) is 23.7 Å². The van der Waals surface area contributed by atoms with E-state index in [1.807, 2.05) is 30.3 Å². The molecule has 5 nitrogen and oxygen atoms in total.